The largest absolute Gasteiger partial charge is 0.461 e. The van der Waals surface area contributed by atoms with Gasteiger partial charge in [-0.15, -0.1) is 0 Å². The quantitative estimate of drug-likeness (QED) is 0.567. The van der Waals surface area contributed by atoms with Gasteiger partial charge in [0.05, 0.1) is 12.0 Å². The van der Waals surface area contributed by atoms with Gasteiger partial charge in [0, 0.05) is 23.7 Å². The molecule has 0 N–H and O–H groups in total. The van der Waals surface area contributed by atoms with Gasteiger partial charge in [-0.2, -0.15) is 0 Å². The highest BCUT2D eigenvalue weighted by Crippen LogP contribution is 2.79. The zero-order valence-corrected chi connectivity index (χ0v) is 15.1. The first-order valence-corrected chi connectivity index (χ1v) is 9.27. The zero-order chi connectivity index (χ0) is 18.0. The summed E-state index contributed by atoms with van der Waals surface area (Å²) >= 11 is 0. The SMILES string of the molecule is CCCC(=O)OC1C2C(CC1(C)C)C(=O)C13OC1C(=O)C1(CO1)C23C. The third-order valence-electron chi connectivity index (χ3n) is 7.65. The summed E-state index contributed by atoms with van der Waals surface area (Å²) in [5, 5.41) is 0. The molecule has 7 atom stereocenters. The van der Waals surface area contributed by atoms with Gasteiger partial charge in [-0.05, 0) is 12.8 Å². The molecule has 0 aromatic heterocycles. The van der Waals surface area contributed by atoms with E-state index in [4.69, 9.17) is 14.2 Å². The highest BCUT2D eigenvalue weighted by atomic mass is 16.7. The molecule has 5 rings (SSSR count). The lowest BCUT2D eigenvalue weighted by atomic mass is 9.65. The molecule has 5 fully saturated rings. The van der Waals surface area contributed by atoms with Gasteiger partial charge in [-0.3, -0.25) is 14.4 Å². The van der Waals surface area contributed by atoms with Crippen LogP contribution < -0.4 is 0 Å². The van der Waals surface area contributed by atoms with Crippen molar-refractivity contribution < 1.29 is 28.6 Å². The van der Waals surface area contributed by atoms with Crippen LogP contribution in [0.4, 0.5) is 0 Å². The minimum Gasteiger partial charge on any atom is -0.461 e. The number of fused-ring (bicyclic) bond motifs is 3. The summed E-state index contributed by atoms with van der Waals surface area (Å²) in [6.07, 6.45) is 0.671. The normalized spacial score (nSPS) is 53.6. The van der Waals surface area contributed by atoms with Gasteiger partial charge < -0.3 is 14.2 Å². The number of hydrogen-bond donors (Lipinski definition) is 0. The van der Waals surface area contributed by atoms with Gasteiger partial charge in [0.1, 0.15) is 6.10 Å². The average molecular weight is 348 g/mol. The maximum Gasteiger partial charge on any atom is 0.306 e. The van der Waals surface area contributed by atoms with Crippen molar-refractivity contribution in [2.45, 2.75) is 70.4 Å². The van der Waals surface area contributed by atoms with E-state index in [0.29, 0.717) is 19.4 Å². The maximum atomic E-state index is 13.3. The number of epoxide rings is 2. The monoisotopic (exact) mass is 348 g/mol. The molecule has 7 unspecified atom stereocenters. The molecule has 0 radical (unpaired) electrons. The lowest BCUT2D eigenvalue weighted by Gasteiger charge is -2.40. The summed E-state index contributed by atoms with van der Waals surface area (Å²) in [7, 11) is 0. The van der Waals surface area contributed by atoms with Crippen LogP contribution in [-0.4, -0.2) is 47.6 Å². The summed E-state index contributed by atoms with van der Waals surface area (Å²) < 4.78 is 17.3. The predicted molar refractivity (Wildman–Crippen MR) is 84.6 cm³/mol. The highest BCUT2D eigenvalue weighted by Gasteiger charge is 2.98. The van der Waals surface area contributed by atoms with Crippen molar-refractivity contribution in [3.63, 3.8) is 0 Å². The Morgan fingerprint density at radius 2 is 1.92 bits per heavy atom. The van der Waals surface area contributed by atoms with E-state index in [9.17, 15) is 14.4 Å². The fourth-order valence-corrected chi connectivity index (χ4v) is 6.41. The van der Waals surface area contributed by atoms with Gasteiger partial charge in [-0.1, -0.05) is 27.7 Å². The van der Waals surface area contributed by atoms with Gasteiger partial charge in [0.25, 0.3) is 0 Å². The average Bonchev–Trinajstić information content (AvgIpc) is 3.41. The van der Waals surface area contributed by atoms with Crippen LogP contribution in [0.15, 0.2) is 0 Å². The minimum absolute atomic E-state index is 0.0211. The van der Waals surface area contributed by atoms with Crippen LogP contribution in [-0.2, 0) is 28.6 Å². The van der Waals surface area contributed by atoms with Crippen molar-refractivity contribution in [3.05, 3.63) is 0 Å². The Hall–Kier alpha value is -1.27. The third-order valence-corrected chi connectivity index (χ3v) is 7.65. The molecule has 0 amide bonds. The smallest absolute Gasteiger partial charge is 0.306 e. The van der Waals surface area contributed by atoms with Crippen LogP contribution >= 0.6 is 0 Å². The van der Waals surface area contributed by atoms with Crippen molar-refractivity contribution in [3.8, 4) is 0 Å². The molecule has 5 aliphatic rings. The van der Waals surface area contributed by atoms with Crippen LogP contribution in [0.3, 0.4) is 0 Å². The summed E-state index contributed by atoms with van der Waals surface area (Å²) in [6.45, 7) is 8.32. The van der Waals surface area contributed by atoms with E-state index in [1.54, 1.807) is 0 Å². The molecule has 3 aliphatic carbocycles. The molecule has 0 aromatic rings. The molecule has 0 bridgehead atoms. The lowest BCUT2D eigenvalue weighted by molar-refractivity contribution is -0.163. The Balaban J connectivity index is 1.60. The molecule has 136 valence electrons. The molecule has 2 spiro atoms. The molecule has 2 heterocycles. The fraction of sp³-hybridized carbons (Fsp3) is 0.842. The topological polar surface area (TPSA) is 85.5 Å². The molecule has 25 heavy (non-hydrogen) atoms. The first-order chi connectivity index (χ1) is 11.7. The van der Waals surface area contributed by atoms with Gasteiger partial charge in [0.2, 0.25) is 0 Å². The van der Waals surface area contributed by atoms with E-state index in [2.05, 4.69) is 0 Å². The molecule has 0 aromatic carbocycles. The second kappa shape index (κ2) is 4.17. The summed E-state index contributed by atoms with van der Waals surface area (Å²) in [5.74, 6) is -0.770. The van der Waals surface area contributed by atoms with E-state index >= 15 is 0 Å². The minimum atomic E-state index is -1.04. The van der Waals surface area contributed by atoms with Crippen LogP contribution in [0.1, 0.15) is 47.0 Å². The van der Waals surface area contributed by atoms with Crippen LogP contribution in [0, 0.1) is 22.7 Å². The Labute approximate surface area is 146 Å². The Bertz CT molecular complexity index is 721. The first kappa shape index (κ1) is 15.9. The predicted octanol–water partition coefficient (Wildman–Crippen LogP) is 1.44. The van der Waals surface area contributed by atoms with Gasteiger partial charge in [0.15, 0.2) is 28.9 Å². The Kier molecular flexibility index (Phi) is 2.66. The lowest BCUT2D eigenvalue weighted by Crippen LogP contribution is -2.53. The molecule has 6 heteroatoms. The molecule has 2 saturated heterocycles. The summed E-state index contributed by atoms with van der Waals surface area (Å²) in [4.78, 5) is 38.3. The Morgan fingerprint density at radius 1 is 1.24 bits per heavy atom. The second-order valence-corrected chi connectivity index (χ2v) is 9.27. The molecule has 3 saturated carbocycles. The maximum absolute atomic E-state index is 13.3. The van der Waals surface area contributed by atoms with Crippen molar-refractivity contribution in [2.75, 3.05) is 6.61 Å². The zero-order valence-electron chi connectivity index (χ0n) is 15.1. The van der Waals surface area contributed by atoms with Gasteiger partial charge in [-0.25, -0.2) is 0 Å². The van der Waals surface area contributed by atoms with Crippen molar-refractivity contribution in [1.82, 2.24) is 0 Å². The number of Topliss-reactive ketones (excluding diaryl/α,β-unsaturated/α-hetero) is 2. The van der Waals surface area contributed by atoms with Crippen LogP contribution in [0.25, 0.3) is 0 Å². The fourth-order valence-electron chi connectivity index (χ4n) is 6.41. The molecule has 6 nitrogen and oxygen atoms in total. The number of carbonyl (C=O) groups excluding carboxylic acids is 3. The number of carbonyl (C=O) groups is 3. The van der Waals surface area contributed by atoms with Crippen molar-refractivity contribution in [2.24, 2.45) is 22.7 Å². The summed E-state index contributed by atoms with van der Waals surface area (Å²) in [5.41, 5.74) is -3.01. The van der Waals surface area contributed by atoms with Crippen LogP contribution in [0.5, 0.6) is 0 Å². The number of ketones is 2. The molecule has 2 aliphatic heterocycles. The van der Waals surface area contributed by atoms with E-state index in [-0.39, 0.29) is 34.8 Å². The standard InChI is InChI=1S/C19H24O6/c1-5-6-10(20)24-14-11-9(7-16(14,2)3)12(21)19-15(25-19)13(22)18(8-23-18)17(11,19)4/h9,11,14-15H,5-8H2,1-4H3. The van der Waals surface area contributed by atoms with Gasteiger partial charge >= 0.3 is 5.97 Å². The molecular weight excluding hydrogens is 324 g/mol. The number of ether oxygens (including phenoxy) is 3. The van der Waals surface area contributed by atoms with Crippen LogP contribution in [0.2, 0.25) is 0 Å². The second-order valence-electron chi connectivity index (χ2n) is 9.27. The number of esters is 1. The van der Waals surface area contributed by atoms with Crippen molar-refractivity contribution in [1.29, 1.82) is 0 Å². The third kappa shape index (κ3) is 1.43. The van der Waals surface area contributed by atoms with E-state index in [0.717, 1.165) is 6.42 Å². The highest BCUT2D eigenvalue weighted by molar-refractivity contribution is 6.14. The first-order valence-electron chi connectivity index (χ1n) is 9.27. The van der Waals surface area contributed by atoms with E-state index in [1.165, 1.54) is 0 Å². The number of hydrogen-bond acceptors (Lipinski definition) is 6. The van der Waals surface area contributed by atoms with Crippen molar-refractivity contribution >= 4 is 17.5 Å². The van der Waals surface area contributed by atoms with E-state index in [1.807, 2.05) is 27.7 Å². The van der Waals surface area contributed by atoms with E-state index < -0.39 is 28.8 Å². The molecular formula is C19H24O6. The summed E-state index contributed by atoms with van der Waals surface area (Å²) in [6, 6.07) is 0. The number of rotatable bonds is 3. The Morgan fingerprint density at radius 3 is 2.52 bits per heavy atom.